The summed E-state index contributed by atoms with van der Waals surface area (Å²) in [5, 5.41) is 1.13. The van der Waals surface area contributed by atoms with Gasteiger partial charge in [0.1, 0.15) is 17.3 Å². The van der Waals surface area contributed by atoms with E-state index in [9.17, 15) is 0 Å². The molecule has 0 amide bonds. The van der Waals surface area contributed by atoms with Crippen LogP contribution in [-0.2, 0) is 0 Å². The average Bonchev–Trinajstić information content (AvgIpc) is 3.46. The van der Waals surface area contributed by atoms with Crippen molar-refractivity contribution in [3.63, 3.8) is 0 Å². The maximum absolute atomic E-state index is 6.37. The molecule has 6 rings (SSSR count). The Morgan fingerprint density at radius 3 is 2.02 bits per heavy atom. The lowest BCUT2D eigenvalue weighted by Gasteiger charge is -2.22. The summed E-state index contributed by atoms with van der Waals surface area (Å²) in [5.41, 5.74) is 7.78. The summed E-state index contributed by atoms with van der Waals surface area (Å²) >= 11 is 0. The Kier molecular flexibility index (Phi) is 6.91. The first-order valence-corrected chi connectivity index (χ1v) is 13.9. The molecule has 4 aromatic carbocycles. The third-order valence-electron chi connectivity index (χ3n) is 7.28. The molecule has 6 aromatic rings. The fourth-order valence-electron chi connectivity index (χ4n) is 5.27. The Balaban J connectivity index is 1.33. The predicted octanol–water partition coefficient (Wildman–Crippen LogP) is 9.79. The van der Waals surface area contributed by atoms with Gasteiger partial charge in [0.25, 0.3) is 0 Å². The molecule has 4 nitrogen and oxygen atoms in total. The van der Waals surface area contributed by atoms with E-state index in [1.807, 2.05) is 54.7 Å². The fraction of sp³-hybridized carbons (Fsp3) is 0.167. The number of benzene rings is 4. The minimum atomic E-state index is 0.392. The van der Waals surface area contributed by atoms with Crippen molar-refractivity contribution in [2.24, 2.45) is 0 Å². The van der Waals surface area contributed by atoms with E-state index in [0.29, 0.717) is 11.8 Å². The molecule has 4 heteroatoms. The number of imidazole rings is 1. The van der Waals surface area contributed by atoms with Crippen molar-refractivity contribution in [1.29, 1.82) is 0 Å². The van der Waals surface area contributed by atoms with Crippen LogP contribution in [-0.4, -0.2) is 14.5 Å². The summed E-state index contributed by atoms with van der Waals surface area (Å²) < 4.78 is 8.60. The van der Waals surface area contributed by atoms with Crippen molar-refractivity contribution in [2.75, 3.05) is 0 Å². The van der Waals surface area contributed by atoms with E-state index >= 15 is 0 Å². The van der Waals surface area contributed by atoms with Gasteiger partial charge in [0.15, 0.2) is 0 Å². The summed E-state index contributed by atoms with van der Waals surface area (Å²) in [5.74, 6) is 3.21. The summed E-state index contributed by atoms with van der Waals surface area (Å²) in [6, 6.07) is 35.2. The van der Waals surface area contributed by atoms with Crippen LogP contribution in [0.5, 0.6) is 11.5 Å². The lowest BCUT2D eigenvalue weighted by Crippen LogP contribution is -2.07. The second-order valence-electron chi connectivity index (χ2n) is 10.8. The van der Waals surface area contributed by atoms with Crippen LogP contribution in [0.2, 0.25) is 0 Å². The zero-order chi connectivity index (χ0) is 27.6. The van der Waals surface area contributed by atoms with Crippen molar-refractivity contribution < 1.29 is 4.74 Å². The smallest absolute Gasteiger partial charge is 0.144 e. The Labute approximate surface area is 236 Å². The van der Waals surface area contributed by atoms with Gasteiger partial charge < -0.3 is 4.74 Å². The maximum atomic E-state index is 6.37. The minimum absolute atomic E-state index is 0.392. The Bertz CT molecular complexity index is 1770. The van der Waals surface area contributed by atoms with Gasteiger partial charge in [0, 0.05) is 28.9 Å². The minimum Gasteiger partial charge on any atom is -0.457 e. The van der Waals surface area contributed by atoms with Crippen LogP contribution in [0.15, 0.2) is 116 Å². The van der Waals surface area contributed by atoms with E-state index in [4.69, 9.17) is 14.7 Å². The van der Waals surface area contributed by atoms with Gasteiger partial charge in [0.05, 0.1) is 16.9 Å². The highest BCUT2D eigenvalue weighted by atomic mass is 16.5. The maximum Gasteiger partial charge on any atom is 0.144 e. The Morgan fingerprint density at radius 1 is 0.650 bits per heavy atom. The van der Waals surface area contributed by atoms with Crippen molar-refractivity contribution in [1.82, 2.24) is 14.5 Å². The number of rotatable bonds is 7. The van der Waals surface area contributed by atoms with E-state index in [0.717, 1.165) is 45.0 Å². The van der Waals surface area contributed by atoms with Gasteiger partial charge in [-0.25, -0.2) is 9.97 Å². The summed E-state index contributed by atoms with van der Waals surface area (Å²) in [6.07, 6.45) is 3.94. The second kappa shape index (κ2) is 10.8. The molecule has 0 spiro atoms. The predicted molar refractivity (Wildman–Crippen MR) is 164 cm³/mol. The molecule has 0 aliphatic carbocycles. The first-order valence-electron chi connectivity index (χ1n) is 13.9. The van der Waals surface area contributed by atoms with E-state index in [1.165, 1.54) is 16.8 Å². The van der Waals surface area contributed by atoms with Gasteiger partial charge in [0.2, 0.25) is 0 Å². The monoisotopic (exact) mass is 523 g/mol. The number of ether oxygens (including phenoxy) is 1. The molecule has 2 heterocycles. The zero-order valence-electron chi connectivity index (χ0n) is 23.4. The first-order chi connectivity index (χ1) is 19.5. The lowest BCUT2D eigenvalue weighted by atomic mass is 9.92. The van der Waals surface area contributed by atoms with Crippen LogP contribution >= 0.6 is 0 Å². The summed E-state index contributed by atoms with van der Waals surface area (Å²) in [6.45, 7) is 8.98. The van der Waals surface area contributed by atoms with Crippen molar-refractivity contribution in [3.05, 3.63) is 127 Å². The van der Waals surface area contributed by atoms with E-state index in [2.05, 4.69) is 93.1 Å². The van der Waals surface area contributed by atoms with Crippen molar-refractivity contribution in [2.45, 2.75) is 39.5 Å². The highest BCUT2D eigenvalue weighted by Crippen LogP contribution is 2.35. The molecule has 0 aliphatic rings. The molecule has 0 saturated carbocycles. The molecule has 0 unspecified atom stereocenters. The first kappa shape index (κ1) is 25.6. The molecule has 40 heavy (non-hydrogen) atoms. The number of hydrogen-bond donors (Lipinski definition) is 0. The SMILES string of the molecule is CC(C)c1cccc(C(C)C)c1-n1ccnc1-c1cccc(Oc2cccc(-c3ccc4ccccc4n3)c2)c1. The molecule has 0 saturated heterocycles. The molecular weight excluding hydrogens is 490 g/mol. The second-order valence-corrected chi connectivity index (χ2v) is 10.8. The number of aromatic nitrogens is 3. The molecule has 0 radical (unpaired) electrons. The highest BCUT2D eigenvalue weighted by molar-refractivity contribution is 5.81. The van der Waals surface area contributed by atoms with Crippen molar-refractivity contribution >= 4 is 10.9 Å². The number of hydrogen-bond acceptors (Lipinski definition) is 3. The van der Waals surface area contributed by atoms with Gasteiger partial charge in [-0.2, -0.15) is 0 Å². The molecular formula is C36H33N3O. The normalized spacial score (nSPS) is 11.4. The number of pyridine rings is 1. The Hall–Kier alpha value is -4.70. The molecule has 0 fully saturated rings. The van der Waals surface area contributed by atoms with Gasteiger partial charge >= 0.3 is 0 Å². The van der Waals surface area contributed by atoms with Crippen LogP contribution < -0.4 is 4.74 Å². The molecule has 198 valence electrons. The molecule has 0 bridgehead atoms. The number of fused-ring (bicyclic) bond motifs is 1. The van der Waals surface area contributed by atoms with Gasteiger partial charge in [-0.3, -0.25) is 4.57 Å². The highest BCUT2D eigenvalue weighted by Gasteiger charge is 2.19. The van der Waals surface area contributed by atoms with Gasteiger partial charge in [-0.05, 0) is 59.4 Å². The van der Waals surface area contributed by atoms with Gasteiger partial charge in [-0.1, -0.05) is 94.4 Å². The molecule has 0 aliphatic heterocycles. The van der Waals surface area contributed by atoms with Crippen LogP contribution in [0.3, 0.4) is 0 Å². The molecule has 2 aromatic heterocycles. The fourth-order valence-corrected chi connectivity index (χ4v) is 5.27. The molecule has 0 atom stereocenters. The number of nitrogens with zero attached hydrogens (tertiary/aromatic N) is 3. The Morgan fingerprint density at radius 2 is 1.30 bits per heavy atom. The summed E-state index contributed by atoms with van der Waals surface area (Å²) in [4.78, 5) is 9.64. The van der Waals surface area contributed by atoms with E-state index in [1.54, 1.807) is 0 Å². The van der Waals surface area contributed by atoms with Crippen molar-refractivity contribution in [3.8, 4) is 39.8 Å². The van der Waals surface area contributed by atoms with E-state index < -0.39 is 0 Å². The van der Waals surface area contributed by atoms with Gasteiger partial charge in [-0.15, -0.1) is 0 Å². The third-order valence-corrected chi connectivity index (χ3v) is 7.28. The van der Waals surface area contributed by atoms with Crippen LogP contribution in [0, 0.1) is 0 Å². The quantitative estimate of drug-likeness (QED) is 0.209. The van der Waals surface area contributed by atoms with Crippen LogP contribution in [0.1, 0.15) is 50.7 Å². The summed E-state index contributed by atoms with van der Waals surface area (Å²) in [7, 11) is 0. The largest absolute Gasteiger partial charge is 0.457 e. The third kappa shape index (κ3) is 5.01. The molecule has 0 N–H and O–H groups in total. The van der Waals surface area contributed by atoms with Crippen LogP contribution in [0.4, 0.5) is 0 Å². The standard InChI is InChI=1S/C36H33N3O/c1-24(2)31-15-9-16-32(25(3)4)35(31)39-21-20-37-36(39)28-12-8-14-30(23-28)40-29-13-7-11-27(22-29)34-19-18-26-10-5-6-17-33(26)38-34/h5-25H,1-4H3. The zero-order valence-corrected chi connectivity index (χ0v) is 23.4. The van der Waals surface area contributed by atoms with Crippen LogP contribution in [0.25, 0.3) is 39.2 Å². The average molecular weight is 524 g/mol. The lowest BCUT2D eigenvalue weighted by molar-refractivity contribution is 0.483. The number of para-hydroxylation sites is 2. The van der Waals surface area contributed by atoms with E-state index in [-0.39, 0.29) is 0 Å². The topological polar surface area (TPSA) is 39.9 Å².